The van der Waals surface area contributed by atoms with Gasteiger partial charge in [0.05, 0.1) is 6.04 Å². The van der Waals surface area contributed by atoms with Crippen LogP contribution in [0.2, 0.25) is 0 Å². The Morgan fingerprint density at radius 2 is 1.62 bits per heavy atom. The number of allylic oxidation sites excluding steroid dienone is 3. The van der Waals surface area contributed by atoms with Crippen LogP contribution in [0, 0.1) is 0 Å². The monoisotopic (exact) mass is 347 g/mol. The molecule has 0 spiro atoms. The Morgan fingerprint density at radius 1 is 1.04 bits per heavy atom. The Labute approximate surface area is 155 Å². The molecular weight excluding hydrogens is 322 g/mol. The Hall–Kier alpha value is -2.65. The van der Waals surface area contributed by atoms with Crippen molar-refractivity contribution in [1.29, 1.82) is 0 Å². The molecule has 1 atom stereocenters. The summed E-state index contributed by atoms with van der Waals surface area (Å²) in [7, 11) is 0. The zero-order valence-electron chi connectivity index (χ0n) is 15.1. The molecule has 1 aliphatic heterocycles. The molecule has 134 valence electrons. The van der Waals surface area contributed by atoms with Gasteiger partial charge in [-0.3, -0.25) is 4.79 Å². The molecule has 3 rings (SSSR count). The first kappa shape index (κ1) is 18.2. The van der Waals surface area contributed by atoms with Crippen LogP contribution in [0.1, 0.15) is 30.9 Å². The van der Waals surface area contributed by atoms with Crippen LogP contribution in [0.4, 0.5) is 0 Å². The van der Waals surface area contributed by atoms with Crippen LogP contribution >= 0.6 is 0 Å². The molecule has 3 nitrogen and oxygen atoms in total. The van der Waals surface area contributed by atoms with Crippen molar-refractivity contribution in [3.8, 4) is 0 Å². The number of nitrogens with zero attached hydrogens (tertiary/aromatic N) is 1. The Kier molecular flexibility index (Phi) is 5.69. The smallest absolute Gasteiger partial charge is 0.246 e. The van der Waals surface area contributed by atoms with Gasteiger partial charge in [0.15, 0.2) is 0 Å². The van der Waals surface area contributed by atoms with Crippen molar-refractivity contribution in [1.82, 2.24) is 4.90 Å². The van der Waals surface area contributed by atoms with E-state index in [-0.39, 0.29) is 11.9 Å². The van der Waals surface area contributed by atoms with E-state index in [9.17, 15) is 9.90 Å². The second kappa shape index (κ2) is 8.15. The third-order valence-corrected chi connectivity index (χ3v) is 4.99. The average Bonchev–Trinajstić information content (AvgIpc) is 3.19. The van der Waals surface area contributed by atoms with E-state index in [4.69, 9.17) is 0 Å². The van der Waals surface area contributed by atoms with Crippen molar-refractivity contribution in [2.45, 2.75) is 31.4 Å². The molecule has 0 unspecified atom stereocenters. The summed E-state index contributed by atoms with van der Waals surface area (Å²) in [6.07, 6.45) is 8.70. The lowest BCUT2D eigenvalue weighted by molar-refractivity contribution is -0.131. The first-order chi connectivity index (χ1) is 12.7. The Bertz CT molecular complexity index is 741. The normalized spacial score (nSPS) is 18.1. The molecule has 1 saturated heterocycles. The van der Waals surface area contributed by atoms with Gasteiger partial charge in [0.25, 0.3) is 0 Å². The van der Waals surface area contributed by atoms with Crippen LogP contribution in [0.3, 0.4) is 0 Å². The summed E-state index contributed by atoms with van der Waals surface area (Å²) in [5.41, 5.74) is 0.394. The number of likely N-dealkylation sites (tertiary alicyclic amines) is 1. The molecule has 1 N–H and O–H groups in total. The molecule has 2 aromatic carbocycles. The van der Waals surface area contributed by atoms with Gasteiger partial charge in [0.1, 0.15) is 5.60 Å². The van der Waals surface area contributed by atoms with Crippen molar-refractivity contribution < 1.29 is 9.90 Å². The minimum Gasteiger partial charge on any atom is -0.378 e. The Balaban J connectivity index is 2.03. The van der Waals surface area contributed by atoms with Crippen LogP contribution in [-0.4, -0.2) is 28.5 Å². The van der Waals surface area contributed by atoms with E-state index in [1.54, 1.807) is 17.1 Å². The van der Waals surface area contributed by atoms with Gasteiger partial charge in [-0.15, -0.1) is 0 Å². The minimum atomic E-state index is -1.23. The van der Waals surface area contributed by atoms with Crippen molar-refractivity contribution in [2.24, 2.45) is 0 Å². The molecule has 1 aliphatic rings. The number of aliphatic hydroxyl groups is 1. The molecule has 0 aliphatic carbocycles. The summed E-state index contributed by atoms with van der Waals surface area (Å²) < 4.78 is 0. The van der Waals surface area contributed by atoms with E-state index in [0.29, 0.717) is 6.54 Å². The first-order valence-corrected chi connectivity index (χ1v) is 9.11. The second-order valence-corrected chi connectivity index (χ2v) is 6.57. The van der Waals surface area contributed by atoms with Gasteiger partial charge in [0.2, 0.25) is 5.91 Å². The lowest BCUT2D eigenvalue weighted by Gasteiger charge is -2.39. The lowest BCUT2D eigenvalue weighted by Crippen LogP contribution is -2.50. The summed E-state index contributed by atoms with van der Waals surface area (Å²) >= 11 is 0. The molecule has 3 heteroatoms. The highest BCUT2D eigenvalue weighted by atomic mass is 16.3. The maximum atomic E-state index is 12.7. The number of hydrogen-bond acceptors (Lipinski definition) is 2. The fourth-order valence-electron chi connectivity index (χ4n) is 3.75. The van der Waals surface area contributed by atoms with Gasteiger partial charge < -0.3 is 10.0 Å². The van der Waals surface area contributed by atoms with Crippen molar-refractivity contribution in [2.75, 3.05) is 6.54 Å². The van der Waals surface area contributed by atoms with Crippen LogP contribution < -0.4 is 0 Å². The predicted octanol–water partition coefficient (Wildman–Crippen LogP) is 4.05. The highest BCUT2D eigenvalue weighted by Crippen LogP contribution is 2.40. The van der Waals surface area contributed by atoms with Crippen LogP contribution in [0.25, 0.3) is 0 Å². The molecule has 2 aromatic rings. The highest BCUT2D eigenvalue weighted by molar-refractivity contribution is 5.88. The molecule has 1 amide bonds. The van der Waals surface area contributed by atoms with Crippen molar-refractivity contribution >= 4 is 5.91 Å². The maximum Gasteiger partial charge on any atom is 0.246 e. The predicted molar refractivity (Wildman–Crippen MR) is 105 cm³/mol. The van der Waals surface area contributed by atoms with Gasteiger partial charge in [-0.1, -0.05) is 78.9 Å². The fourth-order valence-corrected chi connectivity index (χ4v) is 3.75. The minimum absolute atomic E-state index is 0.0594. The van der Waals surface area contributed by atoms with E-state index in [2.05, 4.69) is 0 Å². The molecule has 26 heavy (non-hydrogen) atoms. The third kappa shape index (κ3) is 3.49. The molecule has 1 fully saturated rings. The zero-order chi connectivity index (χ0) is 18.4. The number of hydrogen-bond donors (Lipinski definition) is 1. The first-order valence-electron chi connectivity index (χ1n) is 9.11. The van der Waals surface area contributed by atoms with Crippen LogP contribution in [-0.2, 0) is 10.4 Å². The van der Waals surface area contributed by atoms with E-state index in [1.807, 2.05) is 79.7 Å². The lowest BCUT2D eigenvalue weighted by atomic mass is 9.79. The summed E-state index contributed by atoms with van der Waals surface area (Å²) in [4.78, 5) is 14.5. The fraction of sp³-hybridized carbons (Fsp3) is 0.261. The highest BCUT2D eigenvalue weighted by Gasteiger charge is 2.46. The molecule has 0 aromatic heterocycles. The van der Waals surface area contributed by atoms with Gasteiger partial charge in [-0.2, -0.15) is 0 Å². The van der Waals surface area contributed by atoms with E-state index < -0.39 is 5.60 Å². The topological polar surface area (TPSA) is 40.5 Å². The Morgan fingerprint density at radius 3 is 2.15 bits per heavy atom. The largest absolute Gasteiger partial charge is 0.378 e. The third-order valence-electron chi connectivity index (χ3n) is 4.99. The summed E-state index contributed by atoms with van der Waals surface area (Å²) in [6, 6.07) is 19.0. The van der Waals surface area contributed by atoms with Crippen molar-refractivity contribution in [3.05, 3.63) is 96.1 Å². The SMILES string of the molecule is C/C=C/C=C/C(=O)N1CCC[C@H]1C(O)(c1ccccc1)c1ccccc1. The molecule has 1 heterocycles. The second-order valence-electron chi connectivity index (χ2n) is 6.57. The maximum absolute atomic E-state index is 12.7. The number of benzene rings is 2. The average molecular weight is 347 g/mol. The molecular formula is C23H25NO2. The molecule has 0 bridgehead atoms. The van der Waals surface area contributed by atoms with E-state index >= 15 is 0 Å². The van der Waals surface area contributed by atoms with Crippen LogP contribution in [0.5, 0.6) is 0 Å². The molecule has 0 radical (unpaired) electrons. The van der Waals surface area contributed by atoms with Gasteiger partial charge in [-0.25, -0.2) is 0 Å². The standard InChI is InChI=1S/C23H25NO2/c1-2-3-6-17-22(25)24-18-11-16-21(24)23(26,19-12-7-4-8-13-19)20-14-9-5-10-15-20/h2-10,12-15,17,21,26H,11,16,18H2,1H3/b3-2+,17-6+/t21-/m0/s1. The zero-order valence-corrected chi connectivity index (χ0v) is 15.1. The van der Waals surface area contributed by atoms with Crippen molar-refractivity contribution in [3.63, 3.8) is 0 Å². The summed E-state index contributed by atoms with van der Waals surface area (Å²) in [5.74, 6) is -0.0594. The van der Waals surface area contributed by atoms with Crippen LogP contribution in [0.15, 0.2) is 85.0 Å². The van der Waals surface area contributed by atoms with Gasteiger partial charge in [-0.05, 0) is 30.9 Å². The summed E-state index contributed by atoms with van der Waals surface area (Å²) in [5, 5.41) is 11.9. The number of amides is 1. The number of carbonyl (C=O) groups excluding carboxylic acids is 1. The number of rotatable bonds is 5. The quantitative estimate of drug-likeness (QED) is 0.655. The van der Waals surface area contributed by atoms with Gasteiger partial charge >= 0.3 is 0 Å². The van der Waals surface area contributed by atoms with E-state index in [1.165, 1.54) is 0 Å². The van der Waals surface area contributed by atoms with E-state index in [0.717, 1.165) is 24.0 Å². The summed E-state index contributed by atoms with van der Waals surface area (Å²) in [6.45, 7) is 2.57. The number of carbonyl (C=O) groups is 1. The molecule has 0 saturated carbocycles. The van der Waals surface area contributed by atoms with Gasteiger partial charge in [0, 0.05) is 12.6 Å².